The third-order valence-electron chi connectivity index (χ3n) is 13.3. The second kappa shape index (κ2) is 24.6. The Balaban J connectivity index is 0.711. The molecular weight excluding hydrogens is 945 g/mol. The molecule has 0 aliphatic carbocycles. The zero-order valence-electron chi connectivity index (χ0n) is 42.7. The van der Waals surface area contributed by atoms with Crippen LogP contribution in [0.5, 0.6) is 5.75 Å². The Kier molecular flexibility index (Phi) is 17.6. The highest BCUT2D eigenvalue weighted by Crippen LogP contribution is 2.37. The van der Waals surface area contributed by atoms with Crippen LogP contribution >= 0.6 is 0 Å². The molecule has 1 unspecified atom stereocenters. The monoisotopic (exact) mass is 1010 g/mol. The van der Waals surface area contributed by atoms with Crippen molar-refractivity contribution in [3.63, 3.8) is 0 Å². The van der Waals surface area contributed by atoms with Crippen molar-refractivity contribution in [1.29, 1.82) is 0 Å². The Morgan fingerprint density at radius 1 is 0.838 bits per heavy atom. The molecule has 19 nitrogen and oxygen atoms in total. The molecule has 2 saturated heterocycles. The van der Waals surface area contributed by atoms with Crippen LogP contribution in [0.3, 0.4) is 0 Å². The summed E-state index contributed by atoms with van der Waals surface area (Å²) in [4.78, 5) is 74.4. The van der Waals surface area contributed by atoms with Crippen LogP contribution in [0, 0.1) is 0 Å². The van der Waals surface area contributed by atoms with E-state index in [1.54, 1.807) is 34.3 Å². The lowest BCUT2D eigenvalue weighted by Gasteiger charge is -2.41. The molecule has 0 bridgehead atoms. The Hall–Kier alpha value is -7.38. The molecule has 5 N–H and O–H groups in total. The number of fused-ring (bicyclic) bond motifs is 1. The summed E-state index contributed by atoms with van der Waals surface area (Å²) >= 11 is 0. The molecule has 2 aromatic heterocycles. The Morgan fingerprint density at radius 3 is 2.38 bits per heavy atom. The maximum absolute atomic E-state index is 13.7. The van der Waals surface area contributed by atoms with Crippen LogP contribution < -0.4 is 26.0 Å². The SMILES string of the molecule is C[C@@H](NC(=O)c1cccc(NC2(c3nnc(-c4ccncc4)[nH]3)CCN(C(=O)OC(C)(C)C)CC2)c1)c1cccc(OCCCCCOCCCOCCNc2ccc3c(c2)CN(C2CCC(=O)NC2=O)C3=O)c1. The van der Waals surface area contributed by atoms with Gasteiger partial charge in [0.05, 0.1) is 19.3 Å². The molecule has 74 heavy (non-hydrogen) atoms. The van der Waals surface area contributed by atoms with Gasteiger partial charge in [0.25, 0.3) is 11.8 Å². The number of benzene rings is 3. The quantitative estimate of drug-likeness (QED) is 0.0315. The highest BCUT2D eigenvalue weighted by Gasteiger charge is 2.42. The van der Waals surface area contributed by atoms with Gasteiger partial charge in [-0.15, -0.1) is 10.2 Å². The zero-order chi connectivity index (χ0) is 52.1. The van der Waals surface area contributed by atoms with Gasteiger partial charge in [-0.2, -0.15) is 0 Å². The highest BCUT2D eigenvalue weighted by molar-refractivity contribution is 6.05. The van der Waals surface area contributed by atoms with E-state index in [2.05, 4.69) is 41.4 Å². The standard InChI is InChI=1S/C55H68N10O9/c1-37(58-49(67)40-12-8-13-43(33-40)61-55(21-26-64(27-22-55)53(70)74-54(2,3)4)52-60-48(62-63-52)38-19-23-56-24-20-38)39-11-9-14-44(35-39)73-31-7-5-6-28-71-29-10-30-72-32-25-57-42-15-16-45-41(34-42)36-65(51(45)69)46-17-18-47(66)59-50(46)68/h8-9,11-16,19-20,23-24,33-35,37,46,57,61H,5-7,10,17-18,21-22,25-32,36H2,1-4H3,(H,58,67)(H,59,66,68)(H,60,62,63)/t37-,46?/m1/s1. The summed E-state index contributed by atoms with van der Waals surface area (Å²) in [5, 5.41) is 21.6. The van der Waals surface area contributed by atoms with Crippen molar-refractivity contribution >= 4 is 41.1 Å². The first-order valence-electron chi connectivity index (χ1n) is 25.6. The molecule has 0 saturated carbocycles. The summed E-state index contributed by atoms with van der Waals surface area (Å²) in [6.45, 7) is 12.3. The number of imide groups is 1. The summed E-state index contributed by atoms with van der Waals surface area (Å²) in [6, 6.07) is 23.6. The Bertz CT molecular complexity index is 2740. The van der Waals surface area contributed by atoms with Gasteiger partial charge in [0.2, 0.25) is 11.8 Å². The van der Waals surface area contributed by atoms with Crippen LogP contribution in [0.2, 0.25) is 0 Å². The number of nitrogens with one attached hydrogen (secondary N) is 5. The number of hydrogen-bond donors (Lipinski definition) is 5. The van der Waals surface area contributed by atoms with Gasteiger partial charge in [-0.25, -0.2) is 4.79 Å². The number of carbonyl (C=O) groups excluding carboxylic acids is 5. The molecule has 3 aliphatic rings. The number of aromatic amines is 1. The number of ether oxygens (including phenoxy) is 4. The molecule has 5 aromatic rings. The molecule has 3 aromatic carbocycles. The third kappa shape index (κ3) is 14.0. The molecule has 2 atom stereocenters. The second-order valence-electron chi connectivity index (χ2n) is 20.0. The van der Waals surface area contributed by atoms with Gasteiger partial charge in [0, 0.05) is 92.9 Å². The van der Waals surface area contributed by atoms with Crippen LogP contribution in [0.1, 0.15) is 123 Å². The number of carbonyl (C=O) groups is 5. The van der Waals surface area contributed by atoms with Crippen LogP contribution in [-0.4, -0.2) is 124 Å². The fourth-order valence-corrected chi connectivity index (χ4v) is 9.28. The van der Waals surface area contributed by atoms with Gasteiger partial charge in [0.15, 0.2) is 11.6 Å². The number of unbranched alkanes of at least 4 members (excludes halogenated alkanes) is 2. The molecule has 5 amide bonds. The van der Waals surface area contributed by atoms with Crippen LogP contribution in [0.25, 0.3) is 11.4 Å². The number of anilines is 2. The number of amides is 5. The summed E-state index contributed by atoms with van der Waals surface area (Å²) in [6.07, 6.45) is 8.20. The molecular formula is C55H68N10O9. The van der Waals surface area contributed by atoms with E-state index in [-0.39, 0.29) is 36.3 Å². The van der Waals surface area contributed by atoms with E-state index in [0.717, 1.165) is 59.5 Å². The van der Waals surface area contributed by atoms with Gasteiger partial charge in [-0.1, -0.05) is 18.2 Å². The number of likely N-dealkylation sites (tertiary alicyclic amines) is 1. The lowest BCUT2D eigenvalue weighted by Crippen LogP contribution is -2.52. The average molecular weight is 1010 g/mol. The van der Waals surface area contributed by atoms with Crippen molar-refractivity contribution in [3.05, 3.63) is 119 Å². The number of hydrogen-bond acceptors (Lipinski definition) is 14. The topological polar surface area (TPSA) is 231 Å². The summed E-state index contributed by atoms with van der Waals surface area (Å²) in [5.74, 6) is 0.854. The van der Waals surface area contributed by atoms with E-state index < -0.39 is 23.1 Å². The van der Waals surface area contributed by atoms with Gasteiger partial charge in [-0.05, 0) is 144 Å². The van der Waals surface area contributed by atoms with Crippen LogP contribution in [-0.2, 0) is 35.9 Å². The van der Waals surface area contributed by atoms with Crippen molar-refractivity contribution in [2.75, 3.05) is 63.3 Å². The van der Waals surface area contributed by atoms with Crippen LogP contribution in [0.4, 0.5) is 16.2 Å². The van der Waals surface area contributed by atoms with Crippen LogP contribution in [0.15, 0.2) is 91.3 Å². The minimum absolute atomic E-state index is 0.185. The van der Waals surface area contributed by atoms with E-state index in [1.165, 1.54) is 0 Å². The first kappa shape index (κ1) is 52.9. The Labute approximate surface area is 431 Å². The minimum atomic E-state index is -0.723. The predicted octanol–water partition coefficient (Wildman–Crippen LogP) is 7.54. The van der Waals surface area contributed by atoms with Crippen molar-refractivity contribution in [1.82, 2.24) is 40.6 Å². The van der Waals surface area contributed by atoms with Crippen molar-refractivity contribution < 1.29 is 42.9 Å². The van der Waals surface area contributed by atoms with Gasteiger partial charge in [-0.3, -0.25) is 29.5 Å². The van der Waals surface area contributed by atoms with Crippen molar-refractivity contribution in [3.8, 4) is 17.1 Å². The number of aromatic nitrogens is 4. The lowest BCUT2D eigenvalue weighted by molar-refractivity contribution is -0.136. The van der Waals surface area contributed by atoms with E-state index in [9.17, 15) is 24.0 Å². The first-order chi connectivity index (χ1) is 35.7. The first-order valence-corrected chi connectivity index (χ1v) is 25.6. The molecule has 3 aliphatic heterocycles. The largest absolute Gasteiger partial charge is 0.494 e. The average Bonchev–Trinajstić information content (AvgIpc) is 4.02. The number of H-pyrrole nitrogens is 1. The van der Waals surface area contributed by atoms with Gasteiger partial charge in [0.1, 0.15) is 22.9 Å². The van der Waals surface area contributed by atoms with Gasteiger partial charge >= 0.3 is 6.09 Å². The van der Waals surface area contributed by atoms with Crippen molar-refractivity contribution in [2.24, 2.45) is 0 Å². The molecule has 392 valence electrons. The molecule has 0 spiro atoms. The second-order valence-corrected chi connectivity index (χ2v) is 20.0. The van der Waals surface area contributed by atoms with Crippen molar-refractivity contribution in [2.45, 2.75) is 109 Å². The third-order valence-corrected chi connectivity index (χ3v) is 13.3. The van der Waals surface area contributed by atoms with Gasteiger partial charge < -0.3 is 49.7 Å². The fraction of sp³-hybridized carbons (Fsp3) is 0.455. The summed E-state index contributed by atoms with van der Waals surface area (Å²) in [7, 11) is 0. The highest BCUT2D eigenvalue weighted by atomic mass is 16.6. The number of nitrogens with zero attached hydrogens (tertiary/aromatic N) is 5. The molecule has 8 rings (SSSR count). The van der Waals surface area contributed by atoms with E-state index in [1.807, 2.05) is 94.4 Å². The molecule has 2 fully saturated rings. The molecule has 19 heteroatoms. The number of piperidine rings is 2. The maximum atomic E-state index is 13.7. The molecule has 5 heterocycles. The molecule has 0 radical (unpaired) electrons. The smallest absolute Gasteiger partial charge is 0.410 e. The summed E-state index contributed by atoms with van der Waals surface area (Å²) < 4.78 is 23.4. The normalized spacial score (nSPS) is 16.8. The summed E-state index contributed by atoms with van der Waals surface area (Å²) in [5.41, 5.74) is 3.97. The number of rotatable bonds is 23. The lowest BCUT2D eigenvalue weighted by atomic mass is 9.86. The predicted molar refractivity (Wildman–Crippen MR) is 277 cm³/mol. The fourth-order valence-electron chi connectivity index (χ4n) is 9.28. The number of pyridine rings is 1. The van der Waals surface area contributed by atoms with E-state index >= 15 is 0 Å². The van der Waals surface area contributed by atoms with E-state index in [4.69, 9.17) is 18.9 Å². The zero-order valence-corrected chi connectivity index (χ0v) is 42.7. The Morgan fingerprint density at radius 2 is 1.59 bits per heavy atom. The van der Waals surface area contributed by atoms with E-state index in [0.29, 0.717) is 101 Å². The maximum Gasteiger partial charge on any atom is 0.410 e. The minimum Gasteiger partial charge on any atom is -0.494 e.